The van der Waals surface area contributed by atoms with E-state index in [0.717, 1.165) is 31.6 Å². The molecule has 1 N–H and O–H groups in total. The molecule has 0 saturated carbocycles. The quantitative estimate of drug-likeness (QED) is 0.921. The summed E-state index contributed by atoms with van der Waals surface area (Å²) >= 11 is 1.89. The van der Waals surface area contributed by atoms with Crippen LogP contribution < -0.4 is 10.2 Å². The Bertz CT molecular complexity index is 459. The molecular weight excluding hydrogens is 268 g/mol. The van der Waals surface area contributed by atoms with Crippen LogP contribution in [0.3, 0.4) is 0 Å². The summed E-state index contributed by atoms with van der Waals surface area (Å²) < 4.78 is 0. The van der Waals surface area contributed by atoms with Gasteiger partial charge in [-0.1, -0.05) is 6.92 Å². The molecule has 0 amide bonds. The third kappa shape index (κ3) is 2.59. The van der Waals surface area contributed by atoms with Crippen molar-refractivity contribution in [3.63, 3.8) is 0 Å². The average Bonchev–Trinajstić information content (AvgIpc) is 2.92. The smallest absolute Gasteiger partial charge is 0.185 e. The number of rotatable bonds is 4. The van der Waals surface area contributed by atoms with Crippen molar-refractivity contribution < 1.29 is 0 Å². The van der Waals surface area contributed by atoms with E-state index in [2.05, 4.69) is 29.1 Å². The second-order valence-corrected chi connectivity index (χ2v) is 7.10. The lowest BCUT2D eigenvalue weighted by molar-refractivity contribution is 0.254. The predicted octanol–water partition coefficient (Wildman–Crippen LogP) is 2.10. The van der Waals surface area contributed by atoms with Crippen LogP contribution in [0.4, 0.5) is 5.13 Å². The Hall–Kier alpha value is -0.650. The van der Waals surface area contributed by atoms with Gasteiger partial charge in [-0.2, -0.15) is 0 Å². The van der Waals surface area contributed by atoms with Gasteiger partial charge in [-0.15, -0.1) is 11.3 Å². The average molecular weight is 294 g/mol. The van der Waals surface area contributed by atoms with Crippen LogP contribution in [0.15, 0.2) is 0 Å². The minimum Gasteiger partial charge on any atom is -0.346 e. The minimum absolute atomic E-state index is 0.726. The summed E-state index contributed by atoms with van der Waals surface area (Å²) in [6.07, 6.45) is 5.06. The van der Waals surface area contributed by atoms with Gasteiger partial charge >= 0.3 is 0 Å². The summed E-state index contributed by atoms with van der Waals surface area (Å²) in [6.45, 7) is 5.47. The van der Waals surface area contributed by atoms with Crippen LogP contribution >= 0.6 is 11.3 Å². The Morgan fingerprint density at radius 3 is 2.85 bits per heavy atom. The number of nitrogens with one attached hydrogen (secondary N) is 1. The summed E-state index contributed by atoms with van der Waals surface area (Å²) in [5.74, 6) is 0. The number of likely N-dealkylation sites (N-methyl/N-ethyl adjacent to an activating group) is 1. The maximum absolute atomic E-state index is 4.91. The molecule has 0 aromatic carbocycles. The molecule has 4 nitrogen and oxygen atoms in total. The minimum atomic E-state index is 0.726. The molecule has 2 unspecified atom stereocenters. The Labute approximate surface area is 126 Å². The molecule has 3 heterocycles. The lowest BCUT2D eigenvalue weighted by Crippen LogP contribution is -2.36. The maximum Gasteiger partial charge on any atom is 0.185 e. The van der Waals surface area contributed by atoms with Crippen LogP contribution in [0.1, 0.15) is 36.8 Å². The zero-order chi connectivity index (χ0) is 14.1. The molecule has 5 heteroatoms. The van der Waals surface area contributed by atoms with Crippen LogP contribution in [0.5, 0.6) is 0 Å². The first-order valence-electron chi connectivity index (χ1n) is 7.83. The fourth-order valence-electron chi connectivity index (χ4n) is 3.56. The van der Waals surface area contributed by atoms with Gasteiger partial charge in [0.1, 0.15) is 0 Å². The van der Waals surface area contributed by atoms with Crippen LogP contribution in [-0.4, -0.2) is 49.2 Å². The first-order chi connectivity index (χ1) is 9.72. The first-order valence-corrected chi connectivity index (χ1v) is 8.64. The van der Waals surface area contributed by atoms with Crippen molar-refractivity contribution in [3.05, 3.63) is 10.6 Å². The fraction of sp³-hybridized carbons (Fsp3) is 0.800. The maximum atomic E-state index is 4.91. The summed E-state index contributed by atoms with van der Waals surface area (Å²) in [5, 5.41) is 4.51. The fourth-order valence-corrected chi connectivity index (χ4v) is 4.76. The summed E-state index contributed by atoms with van der Waals surface area (Å²) in [5.41, 5.74) is 1.28. The molecule has 2 atom stereocenters. The highest BCUT2D eigenvalue weighted by atomic mass is 32.1. The number of fused-ring (bicyclic) bond motifs is 2. The van der Waals surface area contributed by atoms with E-state index in [1.807, 2.05) is 18.4 Å². The normalized spacial score (nSPS) is 27.1. The molecule has 1 aromatic heterocycles. The summed E-state index contributed by atoms with van der Waals surface area (Å²) in [4.78, 5) is 11.4. The first kappa shape index (κ1) is 14.3. The molecule has 0 aliphatic carbocycles. The molecule has 1 aromatic rings. The molecule has 2 saturated heterocycles. The van der Waals surface area contributed by atoms with Crippen molar-refractivity contribution in [1.82, 2.24) is 15.2 Å². The van der Waals surface area contributed by atoms with E-state index in [4.69, 9.17) is 4.98 Å². The van der Waals surface area contributed by atoms with Crippen LogP contribution in [0, 0.1) is 0 Å². The van der Waals surface area contributed by atoms with E-state index >= 15 is 0 Å². The molecule has 2 fully saturated rings. The van der Waals surface area contributed by atoms with Crippen molar-refractivity contribution >= 4 is 16.5 Å². The van der Waals surface area contributed by atoms with Crippen molar-refractivity contribution in [1.29, 1.82) is 0 Å². The van der Waals surface area contributed by atoms with E-state index in [-0.39, 0.29) is 0 Å². The van der Waals surface area contributed by atoms with E-state index < -0.39 is 0 Å². The van der Waals surface area contributed by atoms with Gasteiger partial charge in [0.05, 0.1) is 5.69 Å². The second kappa shape index (κ2) is 6.00. The van der Waals surface area contributed by atoms with Gasteiger partial charge in [-0.05, 0) is 39.8 Å². The number of anilines is 1. The monoisotopic (exact) mass is 294 g/mol. The Balaban J connectivity index is 1.79. The highest BCUT2D eigenvalue weighted by Gasteiger charge is 2.35. The highest BCUT2D eigenvalue weighted by Crippen LogP contribution is 2.33. The largest absolute Gasteiger partial charge is 0.346 e. The predicted molar refractivity (Wildman–Crippen MR) is 85.7 cm³/mol. The number of thiazole rings is 1. The number of hydrogen-bond donors (Lipinski definition) is 1. The number of nitrogens with zero attached hydrogens (tertiary/aromatic N) is 3. The Morgan fingerprint density at radius 2 is 2.10 bits per heavy atom. The van der Waals surface area contributed by atoms with Crippen LogP contribution in [0.25, 0.3) is 0 Å². The van der Waals surface area contributed by atoms with Crippen LogP contribution in [0.2, 0.25) is 0 Å². The molecule has 20 heavy (non-hydrogen) atoms. The zero-order valence-electron chi connectivity index (χ0n) is 12.9. The molecule has 0 radical (unpaired) electrons. The molecule has 2 aliphatic rings. The third-order valence-electron chi connectivity index (χ3n) is 4.86. The summed E-state index contributed by atoms with van der Waals surface area (Å²) in [7, 11) is 4.32. The van der Waals surface area contributed by atoms with Crippen LogP contribution in [-0.2, 0) is 13.0 Å². The molecular formula is C15H26N4S. The summed E-state index contributed by atoms with van der Waals surface area (Å²) in [6, 6.07) is 1.52. The van der Waals surface area contributed by atoms with E-state index in [9.17, 15) is 0 Å². The number of aromatic nitrogens is 1. The van der Waals surface area contributed by atoms with E-state index in [0.29, 0.717) is 0 Å². The topological polar surface area (TPSA) is 31.4 Å². The van der Waals surface area contributed by atoms with Crippen molar-refractivity contribution in [2.45, 2.75) is 51.2 Å². The van der Waals surface area contributed by atoms with Gasteiger partial charge in [0.15, 0.2) is 5.13 Å². The van der Waals surface area contributed by atoms with Gasteiger partial charge in [0.25, 0.3) is 0 Å². The van der Waals surface area contributed by atoms with Gasteiger partial charge in [-0.25, -0.2) is 4.98 Å². The Kier molecular flexibility index (Phi) is 4.29. The molecule has 112 valence electrons. The lowest BCUT2D eigenvalue weighted by Gasteiger charge is -2.25. The molecule has 2 bridgehead atoms. The second-order valence-electron chi connectivity index (χ2n) is 6.04. The van der Waals surface area contributed by atoms with Crippen molar-refractivity contribution in [3.8, 4) is 0 Å². The number of aryl methyl sites for hydroxylation is 1. The van der Waals surface area contributed by atoms with Gasteiger partial charge in [0.2, 0.25) is 0 Å². The van der Waals surface area contributed by atoms with Gasteiger partial charge in [0, 0.05) is 36.6 Å². The van der Waals surface area contributed by atoms with E-state index in [1.165, 1.54) is 41.5 Å². The highest BCUT2D eigenvalue weighted by molar-refractivity contribution is 7.15. The van der Waals surface area contributed by atoms with Gasteiger partial charge < -0.3 is 10.2 Å². The zero-order valence-corrected chi connectivity index (χ0v) is 13.7. The number of hydrogen-bond acceptors (Lipinski definition) is 5. The van der Waals surface area contributed by atoms with Gasteiger partial charge in [-0.3, -0.25) is 4.90 Å². The molecule has 3 rings (SSSR count). The third-order valence-corrected chi connectivity index (χ3v) is 6.02. The molecule has 2 aliphatic heterocycles. The standard InChI is InChI=1S/C15H26N4S/c1-4-13-14(9-16-2)20-15(17-13)19-8-7-11-5-6-12(10-19)18(11)3/h11-12,16H,4-10H2,1-3H3. The van der Waals surface area contributed by atoms with Crippen molar-refractivity contribution in [2.24, 2.45) is 0 Å². The van der Waals surface area contributed by atoms with Crippen molar-refractivity contribution in [2.75, 3.05) is 32.1 Å². The lowest BCUT2D eigenvalue weighted by atomic mass is 10.1. The molecule has 0 spiro atoms. The SMILES string of the molecule is CCc1nc(N2CCC3CCC(C2)N3C)sc1CNC. The van der Waals surface area contributed by atoms with E-state index in [1.54, 1.807) is 0 Å². The Morgan fingerprint density at radius 1 is 1.30 bits per heavy atom.